The molecule has 188 valence electrons. The molecule has 4 aromatic rings. The number of anilines is 4. The Morgan fingerprint density at radius 2 is 1.97 bits per heavy atom. The molecular formula is C25H30N8O2S. The zero-order valence-electron chi connectivity index (χ0n) is 20.6. The van der Waals surface area contributed by atoms with Crippen LogP contribution >= 0.6 is 0 Å². The quantitative estimate of drug-likeness (QED) is 0.394. The van der Waals surface area contributed by atoms with E-state index in [1.807, 2.05) is 47.3 Å². The number of hydrogen-bond acceptors (Lipinski definition) is 8. The first-order chi connectivity index (χ1) is 17.3. The molecule has 11 heteroatoms. The van der Waals surface area contributed by atoms with Gasteiger partial charge in [0.05, 0.1) is 30.4 Å². The Bertz CT molecular complexity index is 1470. The zero-order valence-corrected chi connectivity index (χ0v) is 21.4. The molecule has 1 aliphatic rings. The molecule has 2 N–H and O–H groups in total. The number of sulfonamides is 1. The van der Waals surface area contributed by atoms with Gasteiger partial charge >= 0.3 is 0 Å². The number of benzene rings is 1. The lowest BCUT2D eigenvalue weighted by atomic mass is 10.2. The fraction of sp³-hybridized carbons (Fsp3) is 0.320. The van der Waals surface area contributed by atoms with E-state index in [2.05, 4.69) is 38.5 Å². The molecule has 3 aromatic heterocycles. The highest BCUT2D eigenvalue weighted by molar-refractivity contribution is 7.92. The number of pyridine rings is 1. The van der Waals surface area contributed by atoms with Gasteiger partial charge in [-0.15, -0.1) is 0 Å². The summed E-state index contributed by atoms with van der Waals surface area (Å²) in [6.45, 7) is 5.52. The molecule has 5 rings (SSSR count). The van der Waals surface area contributed by atoms with E-state index in [9.17, 15) is 8.42 Å². The molecule has 0 saturated carbocycles. The van der Waals surface area contributed by atoms with Crippen LogP contribution in [0.15, 0.2) is 61.1 Å². The molecule has 4 heterocycles. The summed E-state index contributed by atoms with van der Waals surface area (Å²) < 4.78 is 27.5. The maximum atomic E-state index is 12.1. The monoisotopic (exact) mass is 506 g/mol. The summed E-state index contributed by atoms with van der Waals surface area (Å²) >= 11 is 0. The molecule has 1 fully saturated rings. The summed E-state index contributed by atoms with van der Waals surface area (Å²) in [5.41, 5.74) is 3.35. The van der Waals surface area contributed by atoms with Gasteiger partial charge in [-0.25, -0.2) is 18.4 Å². The highest BCUT2D eigenvalue weighted by Crippen LogP contribution is 2.25. The minimum atomic E-state index is -3.38. The van der Waals surface area contributed by atoms with E-state index < -0.39 is 10.0 Å². The number of para-hydroxylation sites is 1. The van der Waals surface area contributed by atoms with Crippen molar-refractivity contribution in [2.24, 2.45) is 0 Å². The van der Waals surface area contributed by atoms with E-state index in [0.717, 1.165) is 41.9 Å². The van der Waals surface area contributed by atoms with Gasteiger partial charge in [0.25, 0.3) is 0 Å². The molecule has 10 nitrogen and oxygen atoms in total. The zero-order chi connectivity index (χ0) is 25.3. The Hall–Kier alpha value is -3.70. The van der Waals surface area contributed by atoms with Crippen molar-refractivity contribution in [3.63, 3.8) is 0 Å². The minimum Gasteiger partial charge on any atom is -0.367 e. The summed E-state index contributed by atoms with van der Waals surface area (Å²) in [6, 6.07) is 13.9. The van der Waals surface area contributed by atoms with Gasteiger partial charge in [0.2, 0.25) is 16.0 Å². The second-order valence-electron chi connectivity index (χ2n) is 9.10. The van der Waals surface area contributed by atoms with E-state index in [0.29, 0.717) is 30.0 Å². The smallest absolute Gasteiger partial charge is 0.232 e. The Balaban J connectivity index is 1.36. The first-order valence-corrected chi connectivity index (χ1v) is 13.7. The molecule has 0 bridgehead atoms. The highest BCUT2D eigenvalue weighted by Gasteiger charge is 2.17. The third kappa shape index (κ3) is 5.12. The average molecular weight is 507 g/mol. The third-order valence-corrected chi connectivity index (χ3v) is 7.58. The van der Waals surface area contributed by atoms with Gasteiger partial charge in [0.1, 0.15) is 11.5 Å². The fourth-order valence-electron chi connectivity index (χ4n) is 4.40. The number of rotatable bonds is 7. The second kappa shape index (κ2) is 9.75. The average Bonchev–Trinajstić information content (AvgIpc) is 3.26. The lowest BCUT2D eigenvalue weighted by molar-refractivity contribution is 0.484. The van der Waals surface area contributed by atoms with E-state index >= 15 is 0 Å². The summed E-state index contributed by atoms with van der Waals surface area (Å²) in [5, 5.41) is 7.55. The van der Waals surface area contributed by atoms with E-state index in [4.69, 9.17) is 4.98 Å². The van der Waals surface area contributed by atoms with Crippen LogP contribution in [0.5, 0.6) is 0 Å². The first-order valence-electron chi connectivity index (χ1n) is 11.8. The van der Waals surface area contributed by atoms with Crippen molar-refractivity contribution in [3.05, 3.63) is 66.6 Å². The number of piperazine rings is 1. The molecule has 0 spiro atoms. The molecule has 36 heavy (non-hydrogen) atoms. The van der Waals surface area contributed by atoms with Crippen molar-refractivity contribution in [2.45, 2.75) is 19.5 Å². The molecule has 0 unspecified atom stereocenters. The van der Waals surface area contributed by atoms with Gasteiger partial charge < -0.3 is 20.1 Å². The number of aromatic nitrogens is 4. The lowest BCUT2D eigenvalue weighted by Crippen LogP contribution is -2.49. The summed E-state index contributed by atoms with van der Waals surface area (Å²) in [7, 11) is -1.82. The minimum absolute atomic E-state index is 0.444. The van der Waals surface area contributed by atoms with Crippen molar-refractivity contribution in [2.75, 3.05) is 47.5 Å². The number of nitrogens with zero attached hydrogens (tertiary/aromatic N) is 6. The Morgan fingerprint density at radius 1 is 1.14 bits per heavy atom. The third-order valence-electron chi connectivity index (χ3n) is 6.39. The van der Waals surface area contributed by atoms with Crippen LogP contribution < -0.4 is 19.8 Å². The number of nitrogens with one attached hydrogen (secondary N) is 2. The largest absolute Gasteiger partial charge is 0.367 e. The van der Waals surface area contributed by atoms with Crippen LogP contribution in [-0.2, 0) is 16.6 Å². The highest BCUT2D eigenvalue weighted by atomic mass is 32.2. The first kappa shape index (κ1) is 24.0. The SMILES string of the molecule is C[C@H]1CN(c2ccc(Nc3ncc4ccn(Cc5ccccc5N(C)S(C)(=O)=O)c4n3)nc2)CCN1. The molecule has 0 amide bonds. The second-order valence-corrected chi connectivity index (χ2v) is 11.1. The van der Waals surface area contributed by atoms with Crippen molar-refractivity contribution in [1.29, 1.82) is 0 Å². The molecule has 1 aliphatic heterocycles. The van der Waals surface area contributed by atoms with Gasteiger partial charge in [0.15, 0.2) is 0 Å². The van der Waals surface area contributed by atoms with Crippen molar-refractivity contribution in [1.82, 2.24) is 24.8 Å². The van der Waals surface area contributed by atoms with Crippen LogP contribution in [0.1, 0.15) is 12.5 Å². The Kier molecular flexibility index (Phi) is 6.50. The van der Waals surface area contributed by atoms with Crippen molar-refractivity contribution < 1.29 is 8.42 Å². The molecule has 1 aromatic carbocycles. The number of fused-ring (bicyclic) bond motifs is 1. The molecule has 0 radical (unpaired) electrons. The number of hydrogen-bond donors (Lipinski definition) is 2. The van der Waals surface area contributed by atoms with Crippen LogP contribution in [0.3, 0.4) is 0 Å². The van der Waals surface area contributed by atoms with E-state index in [-0.39, 0.29) is 0 Å². The molecule has 1 saturated heterocycles. The van der Waals surface area contributed by atoms with Crippen molar-refractivity contribution in [3.8, 4) is 0 Å². The predicted molar refractivity (Wildman–Crippen MR) is 144 cm³/mol. The van der Waals surface area contributed by atoms with Crippen LogP contribution in [-0.4, -0.2) is 66.9 Å². The maximum absolute atomic E-state index is 12.1. The van der Waals surface area contributed by atoms with Gasteiger partial charge in [-0.2, -0.15) is 4.98 Å². The molecular weight excluding hydrogens is 476 g/mol. The predicted octanol–water partition coefficient (Wildman–Crippen LogP) is 2.81. The van der Waals surface area contributed by atoms with Crippen LogP contribution in [0.25, 0.3) is 11.0 Å². The summed E-state index contributed by atoms with van der Waals surface area (Å²) in [5.74, 6) is 1.11. The van der Waals surface area contributed by atoms with Crippen molar-refractivity contribution >= 4 is 44.2 Å². The Labute approximate surface area is 211 Å². The molecule has 1 atom stereocenters. The lowest BCUT2D eigenvalue weighted by Gasteiger charge is -2.33. The normalized spacial score (nSPS) is 16.3. The Morgan fingerprint density at radius 3 is 2.72 bits per heavy atom. The van der Waals surface area contributed by atoms with Gasteiger partial charge in [-0.05, 0) is 36.8 Å². The molecule has 0 aliphatic carbocycles. The fourth-order valence-corrected chi connectivity index (χ4v) is 4.94. The topological polar surface area (TPSA) is 108 Å². The maximum Gasteiger partial charge on any atom is 0.232 e. The van der Waals surface area contributed by atoms with Crippen LogP contribution in [0.2, 0.25) is 0 Å². The van der Waals surface area contributed by atoms with E-state index in [1.54, 1.807) is 19.3 Å². The van der Waals surface area contributed by atoms with Crippen LogP contribution in [0, 0.1) is 0 Å². The van der Waals surface area contributed by atoms with Gasteiger partial charge in [-0.3, -0.25) is 4.31 Å². The standard InChI is InChI=1S/C25H30N8O2S/c1-18-16-32(13-11-26-18)21-8-9-23(27-15-21)29-25-28-14-19-10-12-33(24(19)30-25)17-20-6-4-5-7-22(20)31(2)36(3,34)35/h4-10,12,14-15,18,26H,11,13,16-17H2,1-3H3,(H,27,28,29,30)/t18-/m0/s1. The van der Waals surface area contributed by atoms with Gasteiger partial charge in [0, 0.05) is 50.5 Å². The summed E-state index contributed by atoms with van der Waals surface area (Å²) in [4.78, 5) is 16.1. The van der Waals surface area contributed by atoms with Gasteiger partial charge in [-0.1, -0.05) is 18.2 Å². The summed E-state index contributed by atoms with van der Waals surface area (Å²) in [6.07, 6.45) is 6.77. The van der Waals surface area contributed by atoms with E-state index in [1.165, 1.54) is 10.6 Å². The van der Waals surface area contributed by atoms with Crippen LogP contribution in [0.4, 0.5) is 23.1 Å².